The summed E-state index contributed by atoms with van der Waals surface area (Å²) in [6.07, 6.45) is 4.34. The number of aryl methyl sites for hydroxylation is 1. The predicted octanol–water partition coefficient (Wildman–Crippen LogP) is 2.63. The molecule has 1 amide bonds. The standard InChI is InChI=1S/C18H26N2O3/c1-12-11-15(19-13(2)18(21)20-14-3-4-14)5-6-17(12)23-16-7-9-22-10-8-16/h5-6,11,13-14,16,19H,3-4,7-10H2,1-2H3,(H,20,21)/t13-/m0/s1. The van der Waals surface area contributed by atoms with Crippen LogP contribution in [0.15, 0.2) is 18.2 Å². The predicted molar refractivity (Wildman–Crippen MR) is 89.9 cm³/mol. The SMILES string of the molecule is Cc1cc(N[C@@H](C)C(=O)NC2CC2)ccc1OC1CCOCC1. The average molecular weight is 318 g/mol. The highest BCUT2D eigenvalue weighted by Crippen LogP contribution is 2.25. The van der Waals surface area contributed by atoms with Gasteiger partial charge in [0.1, 0.15) is 17.9 Å². The molecule has 0 aromatic heterocycles. The Kier molecular flexibility index (Phi) is 5.06. The minimum Gasteiger partial charge on any atom is -0.490 e. The molecule has 2 N–H and O–H groups in total. The van der Waals surface area contributed by atoms with Gasteiger partial charge in [-0.25, -0.2) is 0 Å². The fraction of sp³-hybridized carbons (Fsp3) is 0.611. The maximum absolute atomic E-state index is 12.0. The third kappa shape index (κ3) is 4.61. The maximum Gasteiger partial charge on any atom is 0.242 e. The van der Waals surface area contributed by atoms with Crippen LogP contribution < -0.4 is 15.4 Å². The maximum atomic E-state index is 12.0. The number of amides is 1. The molecule has 1 aliphatic heterocycles. The van der Waals surface area contributed by atoms with Crippen LogP contribution in [0.3, 0.4) is 0 Å². The summed E-state index contributed by atoms with van der Waals surface area (Å²) in [4.78, 5) is 12.0. The van der Waals surface area contributed by atoms with Crippen LogP contribution in [0.4, 0.5) is 5.69 Å². The number of nitrogens with one attached hydrogen (secondary N) is 2. The second-order valence-electron chi connectivity index (χ2n) is 6.56. The molecule has 2 fully saturated rings. The van der Waals surface area contributed by atoms with Gasteiger partial charge in [0, 0.05) is 24.6 Å². The highest BCUT2D eigenvalue weighted by Gasteiger charge is 2.25. The molecular weight excluding hydrogens is 292 g/mol. The third-order valence-corrected chi connectivity index (χ3v) is 4.34. The molecule has 0 spiro atoms. The smallest absolute Gasteiger partial charge is 0.242 e. The van der Waals surface area contributed by atoms with Crippen molar-refractivity contribution in [2.45, 2.75) is 57.7 Å². The summed E-state index contributed by atoms with van der Waals surface area (Å²) in [7, 11) is 0. The van der Waals surface area contributed by atoms with Gasteiger partial charge in [-0.05, 0) is 50.5 Å². The van der Waals surface area contributed by atoms with Crippen molar-refractivity contribution in [3.05, 3.63) is 23.8 Å². The van der Waals surface area contributed by atoms with E-state index in [1.54, 1.807) is 0 Å². The van der Waals surface area contributed by atoms with Gasteiger partial charge in [0.25, 0.3) is 0 Å². The lowest BCUT2D eigenvalue weighted by molar-refractivity contribution is -0.121. The van der Waals surface area contributed by atoms with E-state index in [9.17, 15) is 4.79 Å². The van der Waals surface area contributed by atoms with Crippen LogP contribution in [0.5, 0.6) is 5.75 Å². The zero-order valence-corrected chi connectivity index (χ0v) is 13.9. The zero-order chi connectivity index (χ0) is 16.2. The Balaban J connectivity index is 1.56. The minimum absolute atomic E-state index is 0.0627. The van der Waals surface area contributed by atoms with Crippen molar-refractivity contribution >= 4 is 11.6 Å². The van der Waals surface area contributed by atoms with E-state index in [0.717, 1.165) is 55.9 Å². The van der Waals surface area contributed by atoms with Crippen LogP contribution in [0, 0.1) is 6.92 Å². The third-order valence-electron chi connectivity index (χ3n) is 4.34. The van der Waals surface area contributed by atoms with E-state index in [-0.39, 0.29) is 18.1 Å². The average Bonchev–Trinajstić information content (AvgIpc) is 3.35. The number of carbonyl (C=O) groups excluding carboxylic acids is 1. The molecule has 23 heavy (non-hydrogen) atoms. The Morgan fingerprint density at radius 1 is 1.26 bits per heavy atom. The van der Waals surface area contributed by atoms with Crippen molar-refractivity contribution in [2.24, 2.45) is 0 Å². The second-order valence-corrected chi connectivity index (χ2v) is 6.56. The highest BCUT2D eigenvalue weighted by molar-refractivity contribution is 5.84. The Bertz CT molecular complexity index is 551. The van der Waals surface area contributed by atoms with Crippen LogP contribution in [0.25, 0.3) is 0 Å². The first kappa shape index (κ1) is 16.1. The van der Waals surface area contributed by atoms with E-state index in [4.69, 9.17) is 9.47 Å². The molecule has 3 rings (SSSR count). The molecule has 1 heterocycles. The molecule has 1 atom stereocenters. The van der Waals surface area contributed by atoms with E-state index in [2.05, 4.69) is 10.6 Å². The van der Waals surface area contributed by atoms with Gasteiger partial charge in [-0.1, -0.05) is 0 Å². The van der Waals surface area contributed by atoms with Gasteiger partial charge >= 0.3 is 0 Å². The van der Waals surface area contributed by atoms with Crippen molar-refractivity contribution < 1.29 is 14.3 Å². The normalized spacial score (nSPS) is 19.9. The van der Waals surface area contributed by atoms with E-state index >= 15 is 0 Å². The molecule has 0 unspecified atom stereocenters. The van der Waals surface area contributed by atoms with Gasteiger partial charge in [0.05, 0.1) is 13.2 Å². The lowest BCUT2D eigenvalue weighted by Crippen LogP contribution is -2.38. The molecule has 1 aliphatic carbocycles. The summed E-state index contributed by atoms with van der Waals surface area (Å²) >= 11 is 0. The van der Waals surface area contributed by atoms with E-state index in [0.29, 0.717) is 6.04 Å². The molecule has 126 valence electrons. The van der Waals surface area contributed by atoms with Gasteiger partial charge < -0.3 is 20.1 Å². The Morgan fingerprint density at radius 2 is 2.00 bits per heavy atom. The minimum atomic E-state index is -0.239. The zero-order valence-electron chi connectivity index (χ0n) is 13.9. The molecule has 1 saturated carbocycles. The highest BCUT2D eigenvalue weighted by atomic mass is 16.5. The molecule has 2 aliphatic rings. The van der Waals surface area contributed by atoms with Gasteiger partial charge in [-0.3, -0.25) is 4.79 Å². The first-order valence-electron chi connectivity index (χ1n) is 8.54. The summed E-state index contributed by atoms with van der Waals surface area (Å²) in [6, 6.07) is 6.15. The van der Waals surface area contributed by atoms with Gasteiger partial charge in [-0.15, -0.1) is 0 Å². The van der Waals surface area contributed by atoms with Crippen LogP contribution in [0.2, 0.25) is 0 Å². The molecule has 1 aromatic rings. The van der Waals surface area contributed by atoms with Crippen molar-refractivity contribution in [1.29, 1.82) is 0 Å². The van der Waals surface area contributed by atoms with Gasteiger partial charge in [-0.2, -0.15) is 0 Å². The monoisotopic (exact) mass is 318 g/mol. The number of hydrogen-bond donors (Lipinski definition) is 2. The van der Waals surface area contributed by atoms with Crippen molar-refractivity contribution in [1.82, 2.24) is 5.32 Å². The number of hydrogen-bond acceptors (Lipinski definition) is 4. The van der Waals surface area contributed by atoms with Crippen molar-refractivity contribution in [3.63, 3.8) is 0 Å². The number of carbonyl (C=O) groups is 1. The fourth-order valence-electron chi connectivity index (χ4n) is 2.71. The molecule has 0 bridgehead atoms. The van der Waals surface area contributed by atoms with E-state index in [1.807, 2.05) is 32.0 Å². The first-order chi connectivity index (χ1) is 11.1. The molecule has 0 radical (unpaired) electrons. The molecular formula is C18H26N2O3. The number of ether oxygens (including phenoxy) is 2. The lowest BCUT2D eigenvalue weighted by Gasteiger charge is -2.24. The van der Waals surface area contributed by atoms with Crippen LogP contribution in [-0.2, 0) is 9.53 Å². The summed E-state index contributed by atoms with van der Waals surface area (Å²) in [6.45, 7) is 5.47. The molecule has 1 aromatic carbocycles. The quantitative estimate of drug-likeness (QED) is 0.846. The number of anilines is 1. The van der Waals surface area contributed by atoms with Crippen LogP contribution in [0.1, 0.15) is 38.2 Å². The summed E-state index contributed by atoms with van der Waals surface area (Å²) in [5.41, 5.74) is 2.02. The number of rotatable bonds is 6. The lowest BCUT2D eigenvalue weighted by atomic mass is 10.1. The molecule has 5 nitrogen and oxygen atoms in total. The van der Waals surface area contributed by atoms with Crippen LogP contribution >= 0.6 is 0 Å². The fourth-order valence-corrected chi connectivity index (χ4v) is 2.71. The van der Waals surface area contributed by atoms with Crippen molar-refractivity contribution in [2.75, 3.05) is 18.5 Å². The van der Waals surface area contributed by atoms with E-state index < -0.39 is 0 Å². The first-order valence-corrected chi connectivity index (χ1v) is 8.54. The summed E-state index contributed by atoms with van der Waals surface area (Å²) in [5, 5.41) is 6.27. The Labute approximate surface area is 137 Å². The molecule has 1 saturated heterocycles. The Morgan fingerprint density at radius 3 is 2.65 bits per heavy atom. The number of benzene rings is 1. The summed E-state index contributed by atoms with van der Waals surface area (Å²) in [5.74, 6) is 0.977. The van der Waals surface area contributed by atoms with Crippen LogP contribution in [-0.4, -0.2) is 37.3 Å². The largest absolute Gasteiger partial charge is 0.490 e. The van der Waals surface area contributed by atoms with Gasteiger partial charge in [0.15, 0.2) is 0 Å². The second kappa shape index (κ2) is 7.21. The van der Waals surface area contributed by atoms with Crippen molar-refractivity contribution in [3.8, 4) is 5.75 Å². The topological polar surface area (TPSA) is 59.6 Å². The molecule has 5 heteroatoms. The Hall–Kier alpha value is -1.75. The summed E-state index contributed by atoms with van der Waals surface area (Å²) < 4.78 is 11.4. The van der Waals surface area contributed by atoms with E-state index in [1.165, 1.54) is 0 Å². The van der Waals surface area contributed by atoms with Gasteiger partial charge in [0.2, 0.25) is 5.91 Å².